The van der Waals surface area contributed by atoms with Gasteiger partial charge in [-0.25, -0.2) is 4.98 Å². The zero-order valence-electron chi connectivity index (χ0n) is 13.9. The highest BCUT2D eigenvalue weighted by molar-refractivity contribution is 7.13. The smallest absolute Gasteiger partial charge is 0.250 e. The van der Waals surface area contributed by atoms with E-state index in [1.165, 1.54) is 29.8 Å². The van der Waals surface area contributed by atoms with E-state index < -0.39 is 0 Å². The Bertz CT molecular complexity index is 988. The number of amides is 1. The Morgan fingerprint density at radius 1 is 1.36 bits per heavy atom. The summed E-state index contributed by atoms with van der Waals surface area (Å²) in [6.07, 6.45) is 4.10. The largest absolute Gasteiger partial charge is 0.463 e. The van der Waals surface area contributed by atoms with Crippen molar-refractivity contribution in [2.45, 2.75) is 6.54 Å². The molecule has 3 rings (SSSR count). The number of nitrogens with one attached hydrogen (secondary N) is 1. The number of nitrogens with zero attached hydrogens (tertiary/aromatic N) is 2. The number of hydrogen-bond donors (Lipinski definition) is 1. The summed E-state index contributed by atoms with van der Waals surface area (Å²) >= 11 is 1.36. The summed E-state index contributed by atoms with van der Waals surface area (Å²) in [7, 11) is 3.91. The topological polar surface area (TPSA) is 75.4 Å². The molecule has 1 N–H and O–H groups in total. The molecule has 1 aromatic carbocycles. The van der Waals surface area contributed by atoms with Crippen LogP contribution in [-0.2, 0) is 11.3 Å². The Balaban J connectivity index is 1.71. The zero-order chi connectivity index (χ0) is 17.8. The predicted molar refractivity (Wildman–Crippen MR) is 99.7 cm³/mol. The number of fused-ring (bicyclic) bond motifs is 1. The van der Waals surface area contributed by atoms with E-state index in [9.17, 15) is 9.59 Å². The Morgan fingerprint density at radius 2 is 2.16 bits per heavy atom. The first-order chi connectivity index (χ1) is 12.0. The van der Waals surface area contributed by atoms with E-state index in [1.54, 1.807) is 24.3 Å². The van der Waals surface area contributed by atoms with Gasteiger partial charge in [-0.05, 0) is 32.3 Å². The van der Waals surface area contributed by atoms with Crippen LogP contribution in [0, 0.1) is 0 Å². The maximum Gasteiger partial charge on any atom is 0.250 e. The van der Waals surface area contributed by atoms with Crippen molar-refractivity contribution >= 4 is 39.4 Å². The first-order valence-corrected chi connectivity index (χ1v) is 8.49. The van der Waals surface area contributed by atoms with Gasteiger partial charge in [0, 0.05) is 18.0 Å². The van der Waals surface area contributed by atoms with Crippen molar-refractivity contribution in [3.8, 4) is 0 Å². The van der Waals surface area contributed by atoms with Gasteiger partial charge in [0.2, 0.25) is 5.91 Å². The fourth-order valence-electron chi connectivity index (χ4n) is 2.28. The number of hydrogen-bond acceptors (Lipinski definition) is 6. The van der Waals surface area contributed by atoms with E-state index in [1.807, 2.05) is 24.4 Å². The zero-order valence-corrected chi connectivity index (χ0v) is 14.7. The molecule has 7 heteroatoms. The molecular formula is C18H17N3O3S. The summed E-state index contributed by atoms with van der Waals surface area (Å²) in [5.41, 5.74) is 1.56. The maximum absolute atomic E-state index is 12.3. The molecule has 0 radical (unpaired) electrons. The van der Waals surface area contributed by atoms with Crippen LogP contribution in [0.2, 0.25) is 0 Å². The van der Waals surface area contributed by atoms with Gasteiger partial charge < -0.3 is 9.32 Å². The highest BCUT2D eigenvalue weighted by atomic mass is 32.1. The summed E-state index contributed by atoms with van der Waals surface area (Å²) in [5, 5.41) is 5.60. The van der Waals surface area contributed by atoms with Crippen LogP contribution >= 0.6 is 11.3 Å². The van der Waals surface area contributed by atoms with E-state index >= 15 is 0 Å². The molecule has 2 aromatic heterocycles. The number of benzene rings is 1. The van der Waals surface area contributed by atoms with Gasteiger partial charge >= 0.3 is 0 Å². The maximum atomic E-state index is 12.3. The minimum atomic E-state index is -0.349. The van der Waals surface area contributed by atoms with E-state index in [-0.39, 0.29) is 11.3 Å². The van der Waals surface area contributed by atoms with Crippen LogP contribution < -0.4 is 10.7 Å². The monoisotopic (exact) mass is 355 g/mol. The molecule has 0 saturated heterocycles. The molecule has 1 amide bonds. The molecule has 0 saturated carbocycles. The molecule has 0 unspecified atom stereocenters. The van der Waals surface area contributed by atoms with Crippen molar-refractivity contribution in [1.82, 2.24) is 9.88 Å². The first-order valence-electron chi connectivity index (χ1n) is 7.61. The van der Waals surface area contributed by atoms with Gasteiger partial charge in [-0.3, -0.25) is 14.9 Å². The SMILES string of the molecule is CN(C)Cc1csc(NC(=O)/C=C/c2coc3ccccc3c2=O)n1. The number of rotatable bonds is 5. The Hall–Kier alpha value is -2.77. The lowest BCUT2D eigenvalue weighted by Gasteiger charge is -2.05. The van der Waals surface area contributed by atoms with Gasteiger partial charge in [-0.1, -0.05) is 12.1 Å². The molecule has 128 valence electrons. The predicted octanol–water partition coefficient (Wildman–Crippen LogP) is 2.96. The van der Waals surface area contributed by atoms with Crippen molar-refractivity contribution in [1.29, 1.82) is 0 Å². The summed E-state index contributed by atoms with van der Waals surface area (Å²) in [6.45, 7) is 0.709. The van der Waals surface area contributed by atoms with E-state index in [0.717, 1.165) is 5.69 Å². The lowest BCUT2D eigenvalue weighted by Crippen LogP contribution is -2.12. The van der Waals surface area contributed by atoms with Crippen molar-refractivity contribution in [3.05, 3.63) is 63.5 Å². The number of para-hydroxylation sites is 1. The standard InChI is InChI=1S/C18H17N3O3S/c1-21(2)9-13-11-25-18(19-13)20-16(22)8-7-12-10-24-15-6-4-3-5-14(15)17(12)23/h3-8,10-11H,9H2,1-2H3,(H,19,20,22)/b8-7+. The fraction of sp³-hybridized carbons (Fsp3) is 0.167. The third-order valence-corrected chi connectivity index (χ3v) is 4.19. The molecule has 0 aliphatic carbocycles. The van der Waals surface area contributed by atoms with Gasteiger partial charge in [0.1, 0.15) is 11.8 Å². The third-order valence-electron chi connectivity index (χ3n) is 3.38. The van der Waals surface area contributed by atoms with Crippen LogP contribution in [0.25, 0.3) is 17.0 Å². The minimum absolute atomic E-state index is 0.173. The molecule has 6 nitrogen and oxygen atoms in total. The van der Waals surface area contributed by atoms with Gasteiger partial charge in [-0.2, -0.15) is 0 Å². The Morgan fingerprint density at radius 3 is 2.96 bits per heavy atom. The molecule has 3 aromatic rings. The number of thiazole rings is 1. The third kappa shape index (κ3) is 4.20. The van der Waals surface area contributed by atoms with E-state index in [4.69, 9.17) is 4.42 Å². The second-order valence-electron chi connectivity index (χ2n) is 5.72. The number of anilines is 1. The molecule has 0 spiro atoms. The van der Waals surface area contributed by atoms with E-state index in [0.29, 0.717) is 28.2 Å². The molecule has 0 fully saturated rings. The second-order valence-corrected chi connectivity index (χ2v) is 6.58. The highest BCUT2D eigenvalue weighted by Crippen LogP contribution is 2.16. The Labute approximate surface area is 148 Å². The lowest BCUT2D eigenvalue weighted by molar-refractivity contribution is -0.111. The molecule has 0 aliphatic rings. The highest BCUT2D eigenvalue weighted by Gasteiger charge is 2.07. The van der Waals surface area contributed by atoms with Crippen LogP contribution in [0.4, 0.5) is 5.13 Å². The van der Waals surface area contributed by atoms with Gasteiger partial charge in [-0.15, -0.1) is 11.3 Å². The molecule has 0 bridgehead atoms. The Kier molecular flexibility index (Phi) is 5.06. The normalized spacial score (nSPS) is 11.5. The number of carbonyl (C=O) groups excluding carboxylic acids is 1. The van der Waals surface area contributed by atoms with Gasteiger partial charge in [0.15, 0.2) is 10.6 Å². The summed E-state index contributed by atoms with van der Waals surface area (Å²) in [6, 6.07) is 6.99. The molecule has 2 heterocycles. The number of carbonyl (C=O) groups is 1. The van der Waals surface area contributed by atoms with Gasteiger partial charge in [0.25, 0.3) is 0 Å². The minimum Gasteiger partial charge on any atom is -0.463 e. The average molecular weight is 355 g/mol. The van der Waals surface area contributed by atoms with Crippen LogP contribution in [0.15, 0.2) is 51.2 Å². The molecule has 0 aliphatic heterocycles. The first kappa shape index (κ1) is 17.1. The van der Waals surface area contributed by atoms with E-state index in [2.05, 4.69) is 10.3 Å². The average Bonchev–Trinajstić information content (AvgIpc) is 3.00. The number of aromatic nitrogens is 1. The van der Waals surface area contributed by atoms with Crippen LogP contribution in [0.5, 0.6) is 0 Å². The molecular weight excluding hydrogens is 338 g/mol. The van der Waals surface area contributed by atoms with Crippen molar-refractivity contribution in [2.24, 2.45) is 0 Å². The quantitative estimate of drug-likeness (QED) is 0.712. The summed E-state index contributed by atoms with van der Waals surface area (Å²) in [4.78, 5) is 30.7. The van der Waals surface area contributed by atoms with Gasteiger partial charge in [0.05, 0.1) is 16.6 Å². The summed E-state index contributed by atoms with van der Waals surface area (Å²) < 4.78 is 5.42. The fourth-order valence-corrected chi connectivity index (χ4v) is 2.99. The molecule has 0 atom stereocenters. The van der Waals surface area contributed by atoms with Crippen molar-refractivity contribution < 1.29 is 9.21 Å². The van der Waals surface area contributed by atoms with Crippen LogP contribution in [0.3, 0.4) is 0 Å². The lowest BCUT2D eigenvalue weighted by atomic mass is 10.1. The van der Waals surface area contributed by atoms with Crippen molar-refractivity contribution in [3.63, 3.8) is 0 Å². The summed E-state index contributed by atoms with van der Waals surface area (Å²) in [5.74, 6) is -0.349. The van der Waals surface area contributed by atoms with Crippen LogP contribution in [-0.4, -0.2) is 29.9 Å². The van der Waals surface area contributed by atoms with Crippen LogP contribution in [0.1, 0.15) is 11.3 Å². The molecule has 25 heavy (non-hydrogen) atoms. The second kappa shape index (κ2) is 7.42. The van der Waals surface area contributed by atoms with Crippen molar-refractivity contribution in [2.75, 3.05) is 19.4 Å².